The fraction of sp³-hybridized carbons (Fsp3) is 0.407. The standard InChI is InChI=1S/C27H32N8O2S/c1-27(2,3)20-12-21(32-35(20)17-7-9-33(4)15-17)30-26-31-24-22(34(26)5)23(36-6)19(14-28-24)37-18-11-16-8-10-38-25(16)29-13-18/h8,10-14,17H,7,9,15H2,1-6H3,(H,28,30,31,32)/t17-/m0/s1. The summed E-state index contributed by atoms with van der Waals surface area (Å²) in [6.45, 7) is 8.74. The smallest absolute Gasteiger partial charge is 0.211 e. The molecule has 198 valence electrons. The van der Waals surface area contributed by atoms with Gasteiger partial charge in [0.25, 0.3) is 0 Å². The molecular weight excluding hydrogens is 500 g/mol. The maximum absolute atomic E-state index is 6.16. The Kier molecular flexibility index (Phi) is 5.99. The highest BCUT2D eigenvalue weighted by molar-refractivity contribution is 7.16. The SMILES string of the molecule is COc1c(Oc2cnc3sccc3c2)cnc2nc(Nc3cc(C(C)(C)C)n([C@H]4CCN(C)C4)n3)n(C)c12. The molecule has 0 bridgehead atoms. The van der Waals surface area contributed by atoms with Crippen LogP contribution >= 0.6 is 11.3 Å². The molecule has 0 saturated carbocycles. The van der Waals surface area contributed by atoms with Gasteiger partial charge in [-0.05, 0) is 37.5 Å². The molecule has 1 aliphatic rings. The summed E-state index contributed by atoms with van der Waals surface area (Å²) in [6.07, 6.45) is 4.44. The second-order valence-electron chi connectivity index (χ2n) is 10.8. The van der Waals surface area contributed by atoms with Crippen LogP contribution in [0.5, 0.6) is 17.2 Å². The summed E-state index contributed by atoms with van der Waals surface area (Å²) < 4.78 is 16.1. The van der Waals surface area contributed by atoms with Crippen LogP contribution in [0, 0.1) is 0 Å². The zero-order valence-corrected chi connectivity index (χ0v) is 23.3. The van der Waals surface area contributed by atoms with Gasteiger partial charge in [0.2, 0.25) is 5.95 Å². The highest BCUT2D eigenvalue weighted by Crippen LogP contribution is 2.39. The van der Waals surface area contributed by atoms with E-state index in [-0.39, 0.29) is 5.41 Å². The first-order valence-corrected chi connectivity index (χ1v) is 13.6. The number of imidazole rings is 1. The average molecular weight is 533 g/mol. The molecule has 1 atom stereocenters. The van der Waals surface area contributed by atoms with Gasteiger partial charge in [0.05, 0.1) is 25.5 Å². The first-order valence-electron chi connectivity index (χ1n) is 12.7. The lowest BCUT2D eigenvalue weighted by Crippen LogP contribution is -2.24. The summed E-state index contributed by atoms with van der Waals surface area (Å²) in [6, 6.07) is 6.47. The molecular formula is C27H32N8O2S. The van der Waals surface area contributed by atoms with E-state index in [9.17, 15) is 0 Å². The fourth-order valence-electron chi connectivity index (χ4n) is 5.05. The van der Waals surface area contributed by atoms with Crippen molar-refractivity contribution in [3.8, 4) is 17.2 Å². The minimum atomic E-state index is -0.0433. The molecule has 1 saturated heterocycles. The van der Waals surface area contributed by atoms with Gasteiger partial charge in [-0.15, -0.1) is 11.3 Å². The topological polar surface area (TPSA) is 95.2 Å². The van der Waals surface area contributed by atoms with Crippen LogP contribution in [0.1, 0.15) is 38.9 Å². The van der Waals surface area contributed by atoms with Gasteiger partial charge in [-0.1, -0.05) is 20.8 Å². The Balaban J connectivity index is 1.34. The van der Waals surface area contributed by atoms with Crippen molar-refractivity contribution in [1.82, 2.24) is 34.2 Å². The highest BCUT2D eigenvalue weighted by Gasteiger charge is 2.29. The lowest BCUT2D eigenvalue weighted by molar-refractivity contribution is 0.366. The molecule has 0 amide bonds. The number of aromatic nitrogens is 6. The van der Waals surface area contributed by atoms with Crippen LogP contribution in [0.15, 0.2) is 36.0 Å². The molecule has 0 aromatic carbocycles. The molecule has 10 nitrogen and oxygen atoms in total. The van der Waals surface area contributed by atoms with Gasteiger partial charge < -0.3 is 24.3 Å². The minimum absolute atomic E-state index is 0.0433. The van der Waals surface area contributed by atoms with Crippen LogP contribution in [-0.2, 0) is 12.5 Å². The Labute approximate surface area is 225 Å². The van der Waals surface area contributed by atoms with Crippen molar-refractivity contribution < 1.29 is 9.47 Å². The van der Waals surface area contributed by atoms with E-state index in [4.69, 9.17) is 19.6 Å². The van der Waals surface area contributed by atoms with E-state index in [0.29, 0.717) is 34.9 Å². The normalized spacial score (nSPS) is 16.5. The molecule has 1 aliphatic heterocycles. The molecule has 5 aromatic heterocycles. The molecule has 6 rings (SSSR count). The molecule has 0 unspecified atom stereocenters. The Morgan fingerprint density at radius 2 is 1.97 bits per heavy atom. The van der Waals surface area contributed by atoms with Gasteiger partial charge in [0.15, 0.2) is 23.0 Å². The number of methoxy groups -OCH3 is 1. The number of hydrogen-bond acceptors (Lipinski definition) is 9. The number of nitrogens with zero attached hydrogens (tertiary/aromatic N) is 7. The monoisotopic (exact) mass is 532 g/mol. The van der Waals surface area contributed by atoms with Gasteiger partial charge >= 0.3 is 0 Å². The van der Waals surface area contributed by atoms with Crippen LogP contribution in [0.25, 0.3) is 21.4 Å². The lowest BCUT2D eigenvalue weighted by atomic mass is 9.91. The summed E-state index contributed by atoms with van der Waals surface area (Å²) in [5, 5.41) is 11.5. The molecule has 0 radical (unpaired) electrons. The summed E-state index contributed by atoms with van der Waals surface area (Å²) in [5.41, 5.74) is 2.43. The molecule has 38 heavy (non-hydrogen) atoms. The molecule has 6 heterocycles. The number of ether oxygens (including phenoxy) is 2. The number of nitrogens with one attached hydrogen (secondary N) is 1. The van der Waals surface area contributed by atoms with Crippen molar-refractivity contribution in [2.75, 3.05) is 32.6 Å². The first-order chi connectivity index (χ1) is 18.2. The Morgan fingerprint density at radius 1 is 1.13 bits per heavy atom. The van der Waals surface area contributed by atoms with Gasteiger partial charge in [-0.2, -0.15) is 10.1 Å². The fourth-order valence-corrected chi connectivity index (χ4v) is 5.77. The molecule has 1 N–H and O–H groups in total. The highest BCUT2D eigenvalue weighted by atomic mass is 32.1. The van der Waals surface area contributed by atoms with Gasteiger partial charge in [0, 0.05) is 36.2 Å². The summed E-state index contributed by atoms with van der Waals surface area (Å²) >= 11 is 1.60. The number of fused-ring (bicyclic) bond motifs is 2. The van der Waals surface area contributed by atoms with Crippen LogP contribution in [0.4, 0.5) is 11.8 Å². The van der Waals surface area contributed by atoms with Crippen molar-refractivity contribution >= 4 is 44.5 Å². The number of aryl methyl sites for hydroxylation is 1. The van der Waals surface area contributed by atoms with Crippen LogP contribution in [0.2, 0.25) is 0 Å². The third-order valence-electron chi connectivity index (χ3n) is 6.99. The number of rotatable bonds is 6. The molecule has 0 aliphatic carbocycles. The third-order valence-corrected chi connectivity index (χ3v) is 7.83. The second-order valence-corrected chi connectivity index (χ2v) is 11.7. The van der Waals surface area contributed by atoms with Crippen molar-refractivity contribution in [3.63, 3.8) is 0 Å². The van der Waals surface area contributed by atoms with Gasteiger partial charge in [0.1, 0.15) is 16.1 Å². The maximum Gasteiger partial charge on any atom is 0.211 e. The Morgan fingerprint density at radius 3 is 2.71 bits per heavy atom. The minimum Gasteiger partial charge on any atom is -0.491 e. The summed E-state index contributed by atoms with van der Waals surface area (Å²) in [4.78, 5) is 17.1. The van der Waals surface area contributed by atoms with E-state index in [1.54, 1.807) is 30.8 Å². The first kappa shape index (κ1) is 24.6. The van der Waals surface area contributed by atoms with Crippen molar-refractivity contribution in [1.29, 1.82) is 0 Å². The van der Waals surface area contributed by atoms with E-state index in [0.717, 1.165) is 41.1 Å². The summed E-state index contributed by atoms with van der Waals surface area (Å²) in [5.74, 6) is 3.05. The Bertz CT molecular complexity index is 1630. The second kappa shape index (κ2) is 9.25. The predicted molar refractivity (Wildman–Crippen MR) is 150 cm³/mol. The van der Waals surface area contributed by atoms with Crippen molar-refractivity contribution in [3.05, 3.63) is 41.7 Å². The Hall–Kier alpha value is -3.70. The van der Waals surface area contributed by atoms with Crippen LogP contribution in [-0.4, -0.2) is 61.4 Å². The number of likely N-dealkylation sites (tertiary alicyclic amines) is 1. The number of hydrogen-bond donors (Lipinski definition) is 1. The zero-order chi connectivity index (χ0) is 26.6. The predicted octanol–water partition coefficient (Wildman–Crippen LogP) is 5.49. The molecule has 5 aromatic rings. The number of anilines is 2. The van der Waals surface area contributed by atoms with E-state index >= 15 is 0 Å². The molecule has 0 spiro atoms. The van der Waals surface area contributed by atoms with Crippen molar-refractivity contribution in [2.45, 2.75) is 38.6 Å². The van der Waals surface area contributed by atoms with E-state index in [2.05, 4.69) is 58.8 Å². The number of pyridine rings is 2. The van der Waals surface area contributed by atoms with E-state index in [1.807, 2.05) is 29.1 Å². The molecule has 1 fully saturated rings. The maximum atomic E-state index is 6.16. The van der Waals surface area contributed by atoms with Gasteiger partial charge in [-0.25, -0.2) is 9.97 Å². The summed E-state index contributed by atoms with van der Waals surface area (Å²) in [7, 11) is 5.71. The number of likely N-dealkylation sites (N-methyl/N-ethyl adjacent to an activating group) is 1. The van der Waals surface area contributed by atoms with Crippen LogP contribution in [0.3, 0.4) is 0 Å². The zero-order valence-electron chi connectivity index (χ0n) is 22.5. The van der Waals surface area contributed by atoms with E-state index < -0.39 is 0 Å². The van der Waals surface area contributed by atoms with Crippen molar-refractivity contribution in [2.24, 2.45) is 7.05 Å². The van der Waals surface area contributed by atoms with Crippen LogP contribution < -0.4 is 14.8 Å². The average Bonchev–Trinajstić information content (AvgIpc) is 3.66. The quantitative estimate of drug-likeness (QED) is 0.307. The van der Waals surface area contributed by atoms with E-state index in [1.165, 1.54) is 5.69 Å². The molecule has 11 heteroatoms. The largest absolute Gasteiger partial charge is 0.491 e. The lowest BCUT2D eigenvalue weighted by Gasteiger charge is -2.23. The van der Waals surface area contributed by atoms with Gasteiger partial charge in [-0.3, -0.25) is 4.68 Å². The number of thiophene rings is 1. The third kappa shape index (κ3) is 4.35.